The van der Waals surface area contributed by atoms with Crippen LogP contribution in [0.15, 0.2) is 28.7 Å². The summed E-state index contributed by atoms with van der Waals surface area (Å²) >= 11 is 1.71. The molecule has 1 aromatic carbocycles. The molecule has 1 amide bonds. The van der Waals surface area contributed by atoms with Gasteiger partial charge in [0, 0.05) is 19.1 Å². The number of thioether (sulfide) groups is 1. The summed E-state index contributed by atoms with van der Waals surface area (Å²) in [5.74, 6) is 7.19. The third kappa shape index (κ3) is 3.33. The number of amides is 1. The van der Waals surface area contributed by atoms with Gasteiger partial charge in [-0.25, -0.2) is 5.84 Å². The number of hydrogen-bond acceptors (Lipinski definition) is 5. The Kier molecular flexibility index (Phi) is 5.46. The van der Waals surface area contributed by atoms with Crippen molar-refractivity contribution < 1.29 is 13.9 Å². The van der Waals surface area contributed by atoms with Gasteiger partial charge >= 0.3 is 0 Å². The smallest absolute Gasteiger partial charge is 0.269 e. The Bertz CT molecular complexity index is 583. The topological polar surface area (TPSA) is 77.5 Å². The highest BCUT2D eigenvalue weighted by Gasteiger charge is 2.19. The number of nitrogen functional groups attached to an aromatic ring is 1. The first-order valence-corrected chi connectivity index (χ1v) is 7.51. The number of carbonyl (C=O) groups excluding carboxylic acids is 1. The maximum atomic E-state index is 11.9. The van der Waals surface area contributed by atoms with Gasteiger partial charge in [0.05, 0.1) is 11.3 Å². The van der Waals surface area contributed by atoms with Crippen LogP contribution in [0.1, 0.15) is 22.5 Å². The molecular weight excluding hydrogens is 276 g/mol. The summed E-state index contributed by atoms with van der Waals surface area (Å²) < 4.78 is 10.8. The minimum Gasteiger partial charge on any atom is -0.459 e. The molecule has 2 aromatic rings. The molecule has 108 valence electrons. The zero-order valence-corrected chi connectivity index (χ0v) is 12.2. The summed E-state index contributed by atoms with van der Waals surface area (Å²) in [6.45, 7) is 0.739. The predicted molar refractivity (Wildman–Crippen MR) is 80.5 cm³/mol. The molecule has 0 saturated carbocycles. The van der Waals surface area contributed by atoms with E-state index in [1.807, 2.05) is 24.3 Å². The second-order valence-electron chi connectivity index (χ2n) is 4.27. The highest BCUT2D eigenvalue weighted by Crippen LogP contribution is 2.28. The van der Waals surface area contributed by atoms with Crippen LogP contribution in [0.2, 0.25) is 0 Å². The van der Waals surface area contributed by atoms with E-state index in [1.54, 1.807) is 18.9 Å². The molecule has 2 rings (SSSR count). The number of methoxy groups -OCH3 is 1. The summed E-state index contributed by atoms with van der Waals surface area (Å²) in [5.41, 5.74) is 3.42. The number of nitrogens with one attached hydrogen (secondary N) is 1. The molecule has 1 aromatic heterocycles. The number of rotatable bonds is 7. The Morgan fingerprint density at radius 3 is 3.00 bits per heavy atom. The molecule has 20 heavy (non-hydrogen) atoms. The van der Waals surface area contributed by atoms with E-state index in [4.69, 9.17) is 15.0 Å². The third-order valence-corrected chi connectivity index (χ3v) is 3.94. The van der Waals surface area contributed by atoms with Crippen molar-refractivity contribution in [1.29, 1.82) is 0 Å². The molecule has 1 heterocycles. The number of benzene rings is 1. The van der Waals surface area contributed by atoms with Gasteiger partial charge in [-0.1, -0.05) is 18.2 Å². The lowest BCUT2D eigenvalue weighted by Crippen LogP contribution is -2.30. The first-order chi connectivity index (χ1) is 9.77. The fraction of sp³-hybridized carbons (Fsp3) is 0.357. The van der Waals surface area contributed by atoms with E-state index in [1.165, 1.54) is 0 Å². The lowest BCUT2D eigenvalue weighted by Gasteiger charge is -2.02. The van der Waals surface area contributed by atoms with Gasteiger partial charge in [-0.3, -0.25) is 10.2 Å². The molecule has 0 saturated heterocycles. The third-order valence-electron chi connectivity index (χ3n) is 2.90. The van der Waals surface area contributed by atoms with Gasteiger partial charge in [-0.2, -0.15) is 11.8 Å². The molecule has 0 aliphatic rings. The summed E-state index contributed by atoms with van der Waals surface area (Å²) in [5, 5.41) is 0.794. The van der Waals surface area contributed by atoms with E-state index >= 15 is 0 Å². The van der Waals surface area contributed by atoms with Gasteiger partial charge in [-0.05, 0) is 18.2 Å². The maximum absolute atomic E-state index is 11.9. The number of carbonyl (C=O) groups is 1. The molecular formula is C14H18N2O3S. The molecule has 5 nitrogen and oxygen atoms in total. The van der Waals surface area contributed by atoms with E-state index in [0.29, 0.717) is 22.7 Å². The highest BCUT2D eigenvalue weighted by molar-refractivity contribution is 7.98. The summed E-state index contributed by atoms with van der Waals surface area (Å²) in [6, 6.07) is 7.47. The van der Waals surface area contributed by atoms with Gasteiger partial charge in [0.2, 0.25) is 0 Å². The Hall–Kier alpha value is -1.50. The fourth-order valence-corrected chi connectivity index (χ4v) is 2.84. The predicted octanol–water partition coefficient (Wildman–Crippen LogP) is 2.31. The Labute approximate surface area is 121 Å². The lowest BCUT2D eigenvalue weighted by atomic mass is 10.1. The first-order valence-electron chi connectivity index (χ1n) is 6.36. The van der Waals surface area contributed by atoms with Crippen molar-refractivity contribution in [2.75, 3.05) is 19.5 Å². The Balaban J connectivity index is 2.16. The van der Waals surface area contributed by atoms with E-state index < -0.39 is 0 Å². The minimum atomic E-state index is -0.317. The second kappa shape index (κ2) is 7.33. The quantitative estimate of drug-likeness (QED) is 0.354. The Morgan fingerprint density at radius 1 is 1.45 bits per heavy atom. The number of ether oxygens (including phenoxy) is 1. The van der Waals surface area contributed by atoms with Crippen molar-refractivity contribution in [1.82, 2.24) is 5.43 Å². The second-order valence-corrected chi connectivity index (χ2v) is 5.37. The van der Waals surface area contributed by atoms with E-state index in [-0.39, 0.29) is 5.91 Å². The zero-order chi connectivity index (χ0) is 14.4. The molecule has 0 radical (unpaired) electrons. The van der Waals surface area contributed by atoms with Crippen LogP contribution in [0.5, 0.6) is 0 Å². The number of para-hydroxylation sites is 1. The van der Waals surface area contributed by atoms with Crippen molar-refractivity contribution in [3.05, 3.63) is 35.6 Å². The standard InChI is InChI=1S/C14H18N2O3S/c1-18-7-4-8-20-9-12-13(14(17)16-15)10-5-2-3-6-11(10)19-12/h2-3,5-6H,4,7-9,15H2,1H3,(H,16,17). The number of furan rings is 1. The molecule has 6 heteroatoms. The van der Waals surface area contributed by atoms with Crippen molar-refractivity contribution >= 4 is 28.6 Å². The number of hydrazine groups is 1. The van der Waals surface area contributed by atoms with Gasteiger partial charge in [-0.15, -0.1) is 0 Å². The number of hydrogen-bond donors (Lipinski definition) is 2. The van der Waals surface area contributed by atoms with Crippen LogP contribution >= 0.6 is 11.8 Å². The zero-order valence-electron chi connectivity index (χ0n) is 11.3. The number of nitrogens with two attached hydrogens (primary N) is 1. The van der Waals surface area contributed by atoms with Crippen LogP contribution in [0.3, 0.4) is 0 Å². The van der Waals surface area contributed by atoms with Crippen LogP contribution in [0, 0.1) is 0 Å². The SMILES string of the molecule is COCCCSCc1oc2ccccc2c1C(=O)NN. The lowest BCUT2D eigenvalue weighted by molar-refractivity contribution is 0.0953. The molecule has 3 N–H and O–H groups in total. The monoisotopic (exact) mass is 294 g/mol. The van der Waals surface area contributed by atoms with Crippen molar-refractivity contribution in [3.63, 3.8) is 0 Å². The Morgan fingerprint density at radius 2 is 2.25 bits per heavy atom. The fourth-order valence-electron chi connectivity index (χ4n) is 1.99. The van der Waals surface area contributed by atoms with Crippen LogP contribution in [-0.2, 0) is 10.5 Å². The largest absolute Gasteiger partial charge is 0.459 e. The normalized spacial score (nSPS) is 10.9. The average Bonchev–Trinajstić information content (AvgIpc) is 2.84. The summed E-state index contributed by atoms with van der Waals surface area (Å²) in [4.78, 5) is 11.9. The average molecular weight is 294 g/mol. The minimum absolute atomic E-state index is 0.317. The summed E-state index contributed by atoms with van der Waals surface area (Å²) in [7, 11) is 1.69. The highest BCUT2D eigenvalue weighted by atomic mass is 32.2. The van der Waals surface area contributed by atoms with Crippen molar-refractivity contribution in [2.45, 2.75) is 12.2 Å². The van der Waals surface area contributed by atoms with Crippen LogP contribution < -0.4 is 11.3 Å². The molecule has 0 aliphatic carbocycles. The maximum Gasteiger partial charge on any atom is 0.269 e. The first kappa shape index (κ1) is 14.9. The van der Waals surface area contributed by atoms with Crippen molar-refractivity contribution in [2.24, 2.45) is 5.84 Å². The van der Waals surface area contributed by atoms with E-state index in [2.05, 4.69) is 5.43 Å². The van der Waals surface area contributed by atoms with E-state index in [0.717, 1.165) is 24.2 Å². The van der Waals surface area contributed by atoms with Gasteiger partial charge in [0.15, 0.2) is 0 Å². The molecule has 0 fully saturated rings. The van der Waals surface area contributed by atoms with Crippen LogP contribution in [-0.4, -0.2) is 25.4 Å². The molecule has 0 aliphatic heterocycles. The van der Waals surface area contributed by atoms with Crippen LogP contribution in [0.25, 0.3) is 11.0 Å². The molecule has 0 bridgehead atoms. The van der Waals surface area contributed by atoms with E-state index in [9.17, 15) is 4.79 Å². The van der Waals surface area contributed by atoms with Gasteiger partial charge in [0.25, 0.3) is 5.91 Å². The molecule has 0 atom stereocenters. The summed E-state index contributed by atoms with van der Waals surface area (Å²) in [6.07, 6.45) is 0.972. The van der Waals surface area contributed by atoms with Crippen LogP contribution in [0.4, 0.5) is 0 Å². The molecule has 0 unspecified atom stereocenters. The van der Waals surface area contributed by atoms with Gasteiger partial charge in [0.1, 0.15) is 11.3 Å². The van der Waals surface area contributed by atoms with Crippen molar-refractivity contribution in [3.8, 4) is 0 Å². The number of fused-ring (bicyclic) bond motifs is 1. The van der Waals surface area contributed by atoms with Gasteiger partial charge < -0.3 is 9.15 Å². The molecule has 0 spiro atoms.